The van der Waals surface area contributed by atoms with Gasteiger partial charge in [0.15, 0.2) is 0 Å². The molecule has 0 amide bonds. The molecule has 0 radical (unpaired) electrons. The lowest BCUT2D eigenvalue weighted by Crippen LogP contribution is -1.97. The predicted octanol–water partition coefficient (Wildman–Crippen LogP) is 6.68. The highest BCUT2D eigenvalue weighted by Gasteiger charge is 2.17. The van der Waals surface area contributed by atoms with E-state index in [1.807, 2.05) is 18.2 Å². The first kappa shape index (κ1) is 17.0. The van der Waals surface area contributed by atoms with Gasteiger partial charge >= 0.3 is 0 Å². The zero-order valence-corrected chi connectivity index (χ0v) is 16.4. The maximum absolute atomic E-state index is 6.18. The Hall–Kier alpha value is -2.43. The zero-order valence-electron chi connectivity index (χ0n) is 14.8. The van der Waals surface area contributed by atoms with Gasteiger partial charge < -0.3 is 5.32 Å². The summed E-state index contributed by atoms with van der Waals surface area (Å²) in [4.78, 5) is 11.2. The molecular formula is C21H18ClN3S. The molecule has 0 aliphatic rings. The lowest BCUT2D eigenvalue weighted by Gasteiger charge is -2.11. The van der Waals surface area contributed by atoms with Crippen molar-refractivity contribution < 1.29 is 0 Å². The second kappa shape index (κ2) is 6.71. The van der Waals surface area contributed by atoms with E-state index in [1.54, 1.807) is 17.7 Å². The Morgan fingerprint density at radius 1 is 0.962 bits per heavy atom. The standard InChI is InChI=1S/C21H18ClN3S/c1-12-4-7-15(8-5-12)18-14(3)26-21-19(18)20(23-11-24-21)25-17-10-16(22)9-6-13(17)2/h4-11H,1-3H3,(H,23,24,25). The van der Waals surface area contributed by atoms with Crippen LogP contribution in [0.1, 0.15) is 16.0 Å². The van der Waals surface area contributed by atoms with Gasteiger partial charge in [-0.15, -0.1) is 11.3 Å². The van der Waals surface area contributed by atoms with Gasteiger partial charge in [-0.05, 0) is 44.0 Å². The summed E-state index contributed by atoms with van der Waals surface area (Å²) in [6.07, 6.45) is 1.61. The van der Waals surface area contributed by atoms with Gasteiger partial charge in [0.05, 0.1) is 5.39 Å². The third-order valence-corrected chi connectivity index (χ3v) is 5.71. The molecule has 2 aromatic carbocycles. The van der Waals surface area contributed by atoms with Crippen molar-refractivity contribution >= 4 is 44.7 Å². The average Bonchev–Trinajstić information content (AvgIpc) is 2.96. The van der Waals surface area contributed by atoms with Crippen LogP contribution >= 0.6 is 22.9 Å². The molecule has 0 fully saturated rings. The first-order valence-corrected chi connectivity index (χ1v) is 9.56. The van der Waals surface area contributed by atoms with E-state index in [-0.39, 0.29) is 0 Å². The fourth-order valence-electron chi connectivity index (χ4n) is 3.06. The maximum atomic E-state index is 6.18. The second-order valence-electron chi connectivity index (χ2n) is 6.39. The maximum Gasteiger partial charge on any atom is 0.143 e. The topological polar surface area (TPSA) is 37.8 Å². The fraction of sp³-hybridized carbons (Fsp3) is 0.143. The van der Waals surface area contributed by atoms with E-state index in [2.05, 4.69) is 60.3 Å². The molecule has 3 nitrogen and oxygen atoms in total. The zero-order chi connectivity index (χ0) is 18.3. The molecule has 5 heteroatoms. The first-order valence-electron chi connectivity index (χ1n) is 8.37. The summed E-state index contributed by atoms with van der Waals surface area (Å²) >= 11 is 7.87. The molecule has 26 heavy (non-hydrogen) atoms. The summed E-state index contributed by atoms with van der Waals surface area (Å²) in [6, 6.07) is 14.4. The second-order valence-corrected chi connectivity index (χ2v) is 8.03. The van der Waals surface area contributed by atoms with Crippen molar-refractivity contribution in [1.29, 1.82) is 0 Å². The number of hydrogen-bond donors (Lipinski definition) is 1. The van der Waals surface area contributed by atoms with Gasteiger partial charge in [0, 0.05) is 21.2 Å². The van der Waals surface area contributed by atoms with Crippen LogP contribution in [0, 0.1) is 20.8 Å². The van der Waals surface area contributed by atoms with Crippen LogP contribution in [0.15, 0.2) is 48.8 Å². The average molecular weight is 380 g/mol. The monoisotopic (exact) mass is 379 g/mol. The van der Waals surface area contributed by atoms with Crippen molar-refractivity contribution in [2.75, 3.05) is 5.32 Å². The van der Waals surface area contributed by atoms with Crippen molar-refractivity contribution in [3.05, 3.63) is 69.8 Å². The molecule has 2 heterocycles. The van der Waals surface area contributed by atoms with E-state index in [0.29, 0.717) is 5.02 Å². The molecule has 2 aromatic heterocycles. The summed E-state index contributed by atoms with van der Waals surface area (Å²) in [6.45, 7) is 6.28. The predicted molar refractivity (Wildman–Crippen MR) is 112 cm³/mol. The minimum atomic E-state index is 0.698. The van der Waals surface area contributed by atoms with Crippen LogP contribution in [0.25, 0.3) is 21.3 Å². The summed E-state index contributed by atoms with van der Waals surface area (Å²) < 4.78 is 0. The number of thiophene rings is 1. The van der Waals surface area contributed by atoms with E-state index in [4.69, 9.17) is 11.6 Å². The van der Waals surface area contributed by atoms with Crippen molar-refractivity contribution in [2.24, 2.45) is 0 Å². The molecule has 4 rings (SSSR count). The largest absolute Gasteiger partial charge is 0.339 e. The van der Waals surface area contributed by atoms with Gasteiger partial charge in [0.25, 0.3) is 0 Å². The summed E-state index contributed by atoms with van der Waals surface area (Å²) in [5, 5.41) is 5.21. The number of nitrogens with zero attached hydrogens (tertiary/aromatic N) is 2. The quantitative estimate of drug-likeness (QED) is 0.431. The minimum absolute atomic E-state index is 0.698. The van der Waals surface area contributed by atoms with Crippen molar-refractivity contribution in [3.63, 3.8) is 0 Å². The molecule has 4 aromatic rings. The van der Waals surface area contributed by atoms with Crippen molar-refractivity contribution in [2.45, 2.75) is 20.8 Å². The number of aromatic nitrogens is 2. The Bertz CT molecular complexity index is 1100. The van der Waals surface area contributed by atoms with Gasteiger partial charge in [0.2, 0.25) is 0 Å². The highest BCUT2D eigenvalue weighted by molar-refractivity contribution is 7.19. The third-order valence-electron chi connectivity index (χ3n) is 4.46. The van der Waals surface area contributed by atoms with Gasteiger partial charge in [-0.25, -0.2) is 9.97 Å². The van der Waals surface area contributed by atoms with Crippen LogP contribution in [0.2, 0.25) is 5.02 Å². The Morgan fingerprint density at radius 3 is 2.50 bits per heavy atom. The van der Waals surface area contributed by atoms with Crippen molar-refractivity contribution in [3.8, 4) is 11.1 Å². The molecule has 0 atom stereocenters. The highest BCUT2D eigenvalue weighted by Crippen LogP contribution is 2.41. The van der Waals surface area contributed by atoms with Gasteiger partial charge in [-0.1, -0.05) is 47.5 Å². The normalized spacial score (nSPS) is 11.1. The number of fused-ring (bicyclic) bond motifs is 1. The number of halogens is 1. The smallest absolute Gasteiger partial charge is 0.143 e. The van der Waals surface area contributed by atoms with E-state index in [0.717, 1.165) is 27.3 Å². The molecule has 0 saturated heterocycles. The number of nitrogens with one attached hydrogen (secondary N) is 1. The van der Waals surface area contributed by atoms with Gasteiger partial charge in [-0.2, -0.15) is 0 Å². The van der Waals surface area contributed by atoms with Crippen LogP contribution in [-0.2, 0) is 0 Å². The van der Waals surface area contributed by atoms with E-state index in [9.17, 15) is 0 Å². The van der Waals surface area contributed by atoms with Crippen molar-refractivity contribution in [1.82, 2.24) is 9.97 Å². The molecule has 0 aliphatic carbocycles. The Labute approximate surface area is 161 Å². The molecule has 0 saturated carbocycles. The van der Waals surface area contributed by atoms with E-state index in [1.165, 1.54) is 21.6 Å². The van der Waals surface area contributed by atoms with Crippen LogP contribution in [-0.4, -0.2) is 9.97 Å². The van der Waals surface area contributed by atoms with E-state index >= 15 is 0 Å². The Morgan fingerprint density at radius 2 is 1.73 bits per heavy atom. The summed E-state index contributed by atoms with van der Waals surface area (Å²) in [5.41, 5.74) is 5.68. The molecule has 1 N–H and O–H groups in total. The fourth-order valence-corrected chi connectivity index (χ4v) is 4.25. The number of anilines is 2. The first-order chi connectivity index (χ1) is 12.5. The van der Waals surface area contributed by atoms with Crippen LogP contribution in [0.5, 0.6) is 0 Å². The lowest BCUT2D eigenvalue weighted by molar-refractivity contribution is 1.23. The molecular weight excluding hydrogens is 362 g/mol. The number of hydrogen-bond acceptors (Lipinski definition) is 4. The third kappa shape index (κ3) is 3.06. The highest BCUT2D eigenvalue weighted by atomic mass is 35.5. The molecule has 0 aliphatic heterocycles. The summed E-state index contributed by atoms with van der Waals surface area (Å²) in [5.74, 6) is 0.806. The van der Waals surface area contributed by atoms with Gasteiger partial charge in [-0.3, -0.25) is 0 Å². The summed E-state index contributed by atoms with van der Waals surface area (Å²) in [7, 11) is 0. The lowest BCUT2D eigenvalue weighted by atomic mass is 10.0. The minimum Gasteiger partial charge on any atom is -0.339 e. The van der Waals surface area contributed by atoms with Crippen LogP contribution in [0.4, 0.5) is 11.5 Å². The number of aryl methyl sites for hydroxylation is 3. The molecule has 0 spiro atoms. The number of benzene rings is 2. The van der Waals surface area contributed by atoms with E-state index < -0.39 is 0 Å². The number of rotatable bonds is 3. The van der Waals surface area contributed by atoms with Crippen LogP contribution in [0.3, 0.4) is 0 Å². The molecule has 0 bridgehead atoms. The SMILES string of the molecule is Cc1ccc(-c2c(C)sc3ncnc(Nc4cc(Cl)ccc4C)c23)cc1. The van der Waals surface area contributed by atoms with Gasteiger partial charge in [0.1, 0.15) is 17.0 Å². The molecule has 0 unspecified atom stereocenters. The Balaban J connectivity index is 1.90. The van der Waals surface area contributed by atoms with Crippen LogP contribution < -0.4 is 5.32 Å². The Kier molecular flexibility index (Phi) is 4.39. The molecule has 130 valence electrons.